The summed E-state index contributed by atoms with van der Waals surface area (Å²) in [6.07, 6.45) is 26.8. The van der Waals surface area contributed by atoms with E-state index in [1.165, 1.54) is 76.1 Å². The summed E-state index contributed by atoms with van der Waals surface area (Å²) >= 11 is 1.87. The molecule has 1 heterocycles. The summed E-state index contributed by atoms with van der Waals surface area (Å²) in [6.45, 7) is 4.83. The maximum Gasteiger partial charge on any atom is 0.0461 e. The van der Waals surface area contributed by atoms with Crippen LogP contribution in [0, 0.1) is 5.92 Å². The Morgan fingerprint density at radius 1 is 0.667 bits per heavy atom. The predicted octanol–water partition coefficient (Wildman–Crippen LogP) is 14.4. The Hall–Kier alpha value is -5.92. The maximum atomic E-state index is 3.19. The minimum atomic E-state index is 0.0454. The lowest BCUT2D eigenvalue weighted by molar-refractivity contribution is 0.395. The summed E-state index contributed by atoms with van der Waals surface area (Å²) in [6, 6.07) is 41.0. The standard InChI is InChI=1S/C52H41NS/c1-52(2)48-30-23-38(32-46(48)44-29-22-40(34-49(44)52)35-12-6-3-4-7-13-35)36-18-25-42(26-19-36)53(41-14-8-5-9-15-41)43-27-20-37(21-28-43)39-24-31-51-47(33-39)45-16-10-11-17-50(45)54-51/h3,6-8,10-34,46,48H,5,9H2,1-2H3. The smallest absolute Gasteiger partial charge is 0.0461 e. The molecule has 6 aromatic rings. The van der Waals surface area contributed by atoms with Gasteiger partial charge in [0.05, 0.1) is 0 Å². The lowest BCUT2D eigenvalue weighted by atomic mass is 9.73. The van der Waals surface area contributed by atoms with E-state index < -0.39 is 0 Å². The van der Waals surface area contributed by atoms with Crippen molar-refractivity contribution < 1.29 is 0 Å². The fraction of sp³-hybridized carbons (Fsp3) is 0.135. The number of fused-ring (bicyclic) bond motifs is 6. The normalized spacial score (nSPS) is 19.3. The molecule has 0 bridgehead atoms. The van der Waals surface area contributed by atoms with Crippen molar-refractivity contribution in [3.05, 3.63) is 210 Å². The second-order valence-corrected chi connectivity index (χ2v) is 16.5. The average molecular weight is 712 g/mol. The monoisotopic (exact) mass is 711 g/mol. The fourth-order valence-corrected chi connectivity index (χ4v) is 10.1. The molecule has 1 nitrogen and oxygen atoms in total. The molecule has 0 fully saturated rings. The lowest BCUT2D eigenvalue weighted by Crippen LogP contribution is -2.25. The van der Waals surface area contributed by atoms with Crippen LogP contribution in [0.2, 0.25) is 0 Å². The number of anilines is 2. The molecular formula is C52H41NS. The Bertz CT molecular complexity index is 2710. The van der Waals surface area contributed by atoms with Gasteiger partial charge in [0.25, 0.3) is 0 Å². The van der Waals surface area contributed by atoms with Gasteiger partial charge in [-0.3, -0.25) is 0 Å². The van der Waals surface area contributed by atoms with Crippen molar-refractivity contribution in [3.63, 3.8) is 0 Å². The SMILES string of the molecule is CC1(C)c2cc(C3=CC=C=CC=C3)ccc2C2C=C(c3ccc(N(C4=CCCC=C4)c4ccc(-c5ccc6sc7ccccc7c6c5)cc4)cc3)C=CC21. The van der Waals surface area contributed by atoms with E-state index in [-0.39, 0.29) is 5.41 Å². The van der Waals surface area contributed by atoms with Gasteiger partial charge < -0.3 is 4.90 Å². The predicted molar refractivity (Wildman–Crippen MR) is 232 cm³/mol. The molecule has 0 saturated carbocycles. The van der Waals surface area contributed by atoms with Gasteiger partial charge in [0.1, 0.15) is 0 Å². The molecule has 10 rings (SSSR count). The summed E-state index contributed by atoms with van der Waals surface area (Å²) in [7, 11) is 0. The molecule has 0 N–H and O–H groups in total. The number of allylic oxidation sites excluding steroid dienone is 12. The zero-order valence-electron chi connectivity index (χ0n) is 30.7. The summed E-state index contributed by atoms with van der Waals surface area (Å²) in [4.78, 5) is 2.40. The Labute approximate surface area is 322 Å². The van der Waals surface area contributed by atoms with E-state index in [0.717, 1.165) is 18.5 Å². The van der Waals surface area contributed by atoms with Gasteiger partial charge in [0.15, 0.2) is 0 Å². The van der Waals surface area contributed by atoms with Crippen molar-refractivity contribution in [1.29, 1.82) is 0 Å². The highest BCUT2D eigenvalue weighted by Crippen LogP contribution is 2.54. The second kappa shape index (κ2) is 13.2. The molecule has 0 amide bonds. The molecule has 5 aromatic carbocycles. The van der Waals surface area contributed by atoms with Gasteiger partial charge in [-0.05, 0) is 135 Å². The molecule has 4 aliphatic rings. The van der Waals surface area contributed by atoms with E-state index >= 15 is 0 Å². The van der Waals surface area contributed by atoms with Crippen LogP contribution in [-0.2, 0) is 5.41 Å². The zero-order valence-corrected chi connectivity index (χ0v) is 31.5. The zero-order chi connectivity index (χ0) is 36.2. The number of thiophene rings is 1. The Kier molecular flexibility index (Phi) is 7.99. The van der Waals surface area contributed by atoms with E-state index in [9.17, 15) is 0 Å². The Morgan fingerprint density at radius 2 is 1.43 bits per heavy atom. The van der Waals surface area contributed by atoms with Crippen molar-refractivity contribution in [2.24, 2.45) is 5.92 Å². The highest BCUT2D eigenvalue weighted by atomic mass is 32.1. The fourth-order valence-electron chi connectivity index (χ4n) is 8.98. The van der Waals surface area contributed by atoms with Crippen LogP contribution in [0.15, 0.2) is 187 Å². The Morgan fingerprint density at radius 3 is 2.24 bits per heavy atom. The molecule has 0 radical (unpaired) electrons. The van der Waals surface area contributed by atoms with E-state index in [4.69, 9.17) is 0 Å². The van der Waals surface area contributed by atoms with Crippen LogP contribution in [0.1, 0.15) is 54.9 Å². The van der Waals surface area contributed by atoms with Crippen LogP contribution < -0.4 is 4.90 Å². The highest BCUT2D eigenvalue weighted by molar-refractivity contribution is 7.25. The van der Waals surface area contributed by atoms with Crippen LogP contribution in [-0.4, -0.2) is 0 Å². The van der Waals surface area contributed by atoms with E-state index in [2.05, 4.69) is 188 Å². The van der Waals surface area contributed by atoms with Gasteiger partial charge >= 0.3 is 0 Å². The average Bonchev–Trinajstić information content (AvgIpc) is 3.52. The van der Waals surface area contributed by atoms with Gasteiger partial charge in [0, 0.05) is 43.2 Å². The third-order valence-corrected chi connectivity index (χ3v) is 13.0. The molecule has 2 atom stereocenters. The van der Waals surface area contributed by atoms with Crippen molar-refractivity contribution in [2.75, 3.05) is 4.90 Å². The Balaban J connectivity index is 0.947. The number of benzene rings is 5. The molecule has 0 aliphatic heterocycles. The molecule has 2 unspecified atom stereocenters. The molecule has 4 aliphatic carbocycles. The molecular weight excluding hydrogens is 671 g/mol. The first-order chi connectivity index (χ1) is 26.5. The molecule has 260 valence electrons. The van der Waals surface area contributed by atoms with Crippen molar-refractivity contribution >= 4 is 54.0 Å². The van der Waals surface area contributed by atoms with E-state index in [1.54, 1.807) is 0 Å². The van der Waals surface area contributed by atoms with Crippen LogP contribution in [0.3, 0.4) is 0 Å². The van der Waals surface area contributed by atoms with E-state index in [0.29, 0.717) is 11.8 Å². The maximum absolute atomic E-state index is 3.19. The molecule has 1 aromatic heterocycles. The van der Waals surface area contributed by atoms with Crippen molar-refractivity contribution in [1.82, 2.24) is 0 Å². The van der Waals surface area contributed by atoms with Gasteiger partial charge in [0.2, 0.25) is 0 Å². The number of hydrogen-bond donors (Lipinski definition) is 0. The minimum absolute atomic E-state index is 0.0454. The van der Waals surface area contributed by atoms with Crippen LogP contribution in [0.5, 0.6) is 0 Å². The highest BCUT2D eigenvalue weighted by Gasteiger charge is 2.45. The summed E-state index contributed by atoms with van der Waals surface area (Å²) in [5.41, 5.74) is 17.2. The van der Waals surface area contributed by atoms with Crippen molar-refractivity contribution in [3.8, 4) is 11.1 Å². The third kappa shape index (κ3) is 5.62. The molecule has 54 heavy (non-hydrogen) atoms. The lowest BCUT2D eigenvalue weighted by Gasteiger charge is -2.31. The quantitative estimate of drug-likeness (QED) is 0.156. The molecule has 0 spiro atoms. The number of hydrogen-bond acceptors (Lipinski definition) is 2. The van der Waals surface area contributed by atoms with Gasteiger partial charge in [-0.25, -0.2) is 0 Å². The minimum Gasteiger partial charge on any atom is -0.311 e. The topological polar surface area (TPSA) is 3.24 Å². The third-order valence-electron chi connectivity index (χ3n) is 11.9. The first kappa shape index (κ1) is 32.7. The molecule has 0 saturated heterocycles. The number of nitrogens with zero attached hydrogens (tertiary/aromatic N) is 1. The van der Waals surface area contributed by atoms with Gasteiger partial charge in [-0.15, -0.1) is 17.1 Å². The summed E-state index contributed by atoms with van der Waals surface area (Å²) < 4.78 is 2.68. The first-order valence-electron chi connectivity index (χ1n) is 19.1. The van der Waals surface area contributed by atoms with Crippen LogP contribution in [0.4, 0.5) is 11.4 Å². The van der Waals surface area contributed by atoms with E-state index in [1.807, 2.05) is 23.5 Å². The molecule has 2 heteroatoms. The van der Waals surface area contributed by atoms with Crippen molar-refractivity contribution in [2.45, 2.75) is 38.0 Å². The van der Waals surface area contributed by atoms with Crippen LogP contribution in [0.25, 0.3) is 42.4 Å². The summed E-state index contributed by atoms with van der Waals surface area (Å²) in [5.74, 6) is 0.789. The van der Waals surface area contributed by atoms with Crippen LogP contribution >= 0.6 is 11.3 Å². The largest absolute Gasteiger partial charge is 0.311 e. The number of rotatable bonds is 6. The van der Waals surface area contributed by atoms with Gasteiger partial charge in [-0.1, -0.05) is 123 Å². The van der Waals surface area contributed by atoms with Gasteiger partial charge in [-0.2, -0.15) is 0 Å². The first-order valence-corrected chi connectivity index (χ1v) is 20.0. The second-order valence-electron chi connectivity index (χ2n) is 15.4. The summed E-state index contributed by atoms with van der Waals surface area (Å²) in [5, 5.41) is 2.67.